The third-order valence-corrected chi connectivity index (χ3v) is 5.31. The van der Waals surface area contributed by atoms with Crippen molar-refractivity contribution in [3.63, 3.8) is 0 Å². The predicted molar refractivity (Wildman–Crippen MR) is 101 cm³/mol. The normalized spacial score (nSPS) is 19.8. The second-order valence-electron chi connectivity index (χ2n) is 6.88. The molecule has 1 aliphatic heterocycles. The molecule has 6 nitrogen and oxygen atoms in total. The fraction of sp³-hybridized carbons (Fsp3) is 0.250. The summed E-state index contributed by atoms with van der Waals surface area (Å²) in [6.45, 7) is 5.40. The number of rotatable bonds is 3. The average Bonchev–Trinajstić information content (AvgIpc) is 3.09. The van der Waals surface area contributed by atoms with Gasteiger partial charge in [0.2, 0.25) is 0 Å². The van der Waals surface area contributed by atoms with Gasteiger partial charge >= 0.3 is 6.03 Å². The number of hydrogen-bond acceptors (Lipinski definition) is 4. The van der Waals surface area contributed by atoms with Crippen LogP contribution in [0.5, 0.6) is 0 Å². The first-order valence-electron chi connectivity index (χ1n) is 8.55. The molecule has 7 heteroatoms. The molecule has 0 aliphatic carbocycles. The second-order valence-corrected chi connectivity index (χ2v) is 7.29. The van der Waals surface area contributed by atoms with Crippen LogP contribution in [0, 0.1) is 13.8 Å². The number of urea groups is 1. The van der Waals surface area contributed by atoms with E-state index in [1.165, 1.54) is 4.90 Å². The van der Waals surface area contributed by atoms with Crippen LogP contribution in [0.2, 0.25) is 5.02 Å². The van der Waals surface area contributed by atoms with Crippen LogP contribution in [-0.2, 0) is 16.9 Å². The number of carbonyl (C=O) groups excluding carboxylic acids is 2. The molecule has 0 spiro atoms. The number of furan rings is 1. The largest absolute Gasteiger partial charge is 0.466 e. The summed E-state index contributed by atoms with van der Waals surface area (Å²) < 4.78 is 5.55. The number of benzene rings is 1. The number of fused-ring (bicyclic) bond motifs is 1. The maximum absolute atomic E-state index is 13.2. The lowest BCUT2D eigenvalue weighted by Gasteiger charge is -2.21. The summed E-state index contributed by atoms with van der Waals surface area (Å²) in [7, 11) is 0. The van der Waals surface area contributed by atoms with Gasteiger partial charge in [0.25, 0.3) is 5.91 Å². The predicted octanol–water partition coefficient (Wildman–Crippen LogP) is 4.07. The van der Waals surface area contributed by atoms with E-state index in [4.69, 9.17) is 16.0 Å². The zero-order valence-corrected chi connectivity index (χ0v) is 15.9. The molecule has 2 aromatic heterocycles. The lowest BCUT2D eigenvalue weighted by molar-refractivity contribution is -0.131. The molecule has 1 fully saturated rings. The molecule has 3 heterocycles. The number of nitrogens with one attached hydrogen (secondary N) is 1. The standard InChI is InChI=1S/C20H18ClN3O3/c1-11-9-15(12(2)27-11)20(3)18(25)24(19(26)23-20)10-13-6-7-16(21)14-5-4-8-22-17(13)14/h4-9H,10H2,1-3H3,(H,23,26). The van der Waals surface area contributed by atoms with Gasteiger partial charge in [0.05, 0.1) is 12.1 Å². The van der Waals surface area contributed by atoms with Gasteiger partial charge in [-0.15, -0.1) is 0 Å². The van der Waals surface area contributed by atoms with Crippen molar-refractivity contribution < 1.29 is 14.0 Å². The summed E-state index contributed by atoms with van der Waals surface area (Å²) in [5.41, 5.74) is 0.937. The summed E-state index contributed by atoms with van der Waals surface area (Å²) in [5.74, 6) is 0.983. The number of aryl methyl sites for hydroxylation is 2. The van der Waals surface area contributed by atoms with E-state index >= 15 is 0 Å². The zero-order chi connectivity index (χ0) is 19.3. The minimum absolute atomic E-state index is 0.112. The van der Waals surface area contributed by atoms with Crippen molar-refractivity contribution in [2.75, 3.05) is 0 Å². The molecule has 1 saturated heterocycles. The van der Waals surface area contributed by atoms with Crippen molar-refractivity contribution >= 4 is 34.4 Å². The van der Waals surface area contributed by atoms with E-state index in [9.17, 15) is 9.59 Å². The van der Waals surface area contributed by atoms with Gasteiger partial charge in [-0.2, -0.15) is 0 Å². The Bertz CT molecular complexity index is 1090. The van der Waals surface area contributed by atoms with E-state index < -0.39 is 11.6 Å². The van der Waals surface area contributed by atoms with E-state index in [0.29, 0.717) is 27.6 Å². The highest BCUT2D eigenvalue weighted by molar-refractivity contribution is 6.35. The fourth-order valence-corrected chi connectivity index (χ4v) is 3.86. The van der Waals surface area contributed by atoms with Crippen LogP contribution in [0.25, 0.3) is 10.9 Å². The van der Waals surface area contributed by atoms with Gasteiger partial charge in [-0.3, -0.25) is 14.7 Å². The minimum atomic E-state index is -1.16. The zero-order valence-electron chi connectivity index (χ0n) is 15.2. The Morgan fingerprint density at radius 3 is 2.74 bits per heavy atom. The molecule has 0 saturated carbocycles. The first-order valence-corrected chi connectivity index (χ1v) is 8.93. The van der Waals surface area contributed by atoms with Crippen LogP contribution in [-0.4, -0.2) is 21.8 Å². The van der Waals surface area contributed by atoms with Crippen LogP contribution >= 0.6 is 11.6 Å². The number of aromatic nitrogens is 1. The number of amides is 3. The maximum Gasteiger partial charge on any atom is 0.325 e. The first-order chi connectivity index (χ1) is 12.8. The molecule has 1 unspecified atom stereocenters. The number of nitrogens with zero attached hydrogens (tertiary/aromatic N) is 2. The monoisotopic (exact) mass is 383 g/mol. The Kier molecular flexibility index (Phi) is 3.96. The smallest absolute Gasteiger partial charge is 0.325 e. The molecule has 1 aliphatic rings. The molecule has 0 radical (unpaired) electrons. The average molecular weight is 384 g/mol. The van der Waals surface area contributed by atoms with E-state index in [1.807, 2.05) is 13.0 Å². The number of pyridine rings is 1. The number of imide groups is 1. The van der Waals surface area contributed by atoms with E-state index in [2.05, 4.69) is 10.3 Å². The van der Waals surface area contributed by atoms with Crippen LogP contribution in [0.4, 0.5) is 4.79 Å². The summed E-state index contributed by atoms with van der Waals surface area (Å²) in [6, 6.07) is 8.55. The van der Waals surface area contributed by atoms with Crippen molar-refractivity contribution in [1.29, 1.82) is 0 Å². The Balaban J connectivity index is 1.72. The molecule has 1 N–H and O–H groups in total. The van der Waals surface area contributed by atoms with Crippen LogP contribution in [0.15, 0.2) is 40.9 Å². The highest BCUT2D eigenvalue weighted by Gasteiger charge is 2.50. The van der Waals surface area contributed by atoms with Gasteiger partial charge in [-0.1, -0.05) is 17.7 Å². The third kappa shape index (κ3) is 2.68. The number of halogens is 1. The van der Waals surface area contributed by atoms with Crippen molar-refractivity contribution in [2.24, 2.45) is 0 Å². The van der Waals surface area contributed by atoms with Gasteiger partial charge in [-0.25, -0.2) is 4.79 Å². The molecule has 1 atom stereocenters. The molecule has 3 aromatic rings. The lowest BCUT2D eigenvalue weighted by atomic mass is 9.92. The van der Waals surface area contributed by atoms with Gasteiger partial charge < -0.3 is 9.73 Å². The molecular formula is C20H18ClN3O3. The molecule has 138 valence electrons. The molecule has 3 amide bonds. The van der Waals surface area contributed by atoms with E-state index in [0.717, 1.165) is 10.9 Å². The van der Waals surface area contributed by atoms with Crippen molar-refractivity contribution in [3.8, 4) is 0 Å². The first kappa shape index (κ1) is 17.5. The highest BCUT2D eigenvalue weighted by atomic mass is 35.5. The van der Waals surface area contributed by atoms with Gasteiger partial charge in [0.15, 0.2) is 0 Å². The van der Waals surface area contributed by atoms with Crippen molar-refractivity contribution in [3.05, 3.63) is 64.2 Å². The van der Waals surface area contributed by atoms with Crippen molar-refractivity contribution in [2.45, 2.75) is 32.9 Å². The van der Waals surface area contributed by atoms with E-state index in [-0.39, 0.29) is 12.5 Å². The van der Waals surface area contributed by atoms with Gasteiger partial charge in [-0.05, 0) is 50.6 Å². The maximum atomic E-state index is 13.2. The Hall–Kier alpha value is -2.86. The number of carbonyl (C=O) groups is 2. The molecule has 1 aromatic carbocycles. The van der Waals surface area contributed by atoms with Crippen LogP contribution in [0.1, 0.15) is 29.6 Å². The van der Waals surface area contributed by atoms with Crippen molar-refractivity contribution in [1.82, 2.24) is 15.2 Å². The SMILES string of the molecule is Cc1cc(C2(C)NC(=O)N(Cc3ccc(Cl)c4cccnc34)C2=O)c(C)o1. The topological polar surface area (TPSA) is 75.4 Å². The summed E-state index contributed by atoms with van der Waals surface area (Å²) in [6.07, 6.45) is 1.66. The Labute approximate surface area is 161 Å². The van der Waals surface area contributed by atoms with Crippen LogP contribution < -0.4 is 5.32 Å². The molecule has 4 rings (SSSR count). The summed E-state index contributed by atoms with van der Waals surface area (Å²) in [4.78, 5) is 31.4. The highest BCUT2D eigenvalue weighted by Crippen LogP contribution is 2.34. The van der Waals surface area contributed by atoms with Gasteiger partial charge in [0.1, 0.15) is 17.1 Å². The number of hydrogen-bond donors (Lipinski definition) is 1. The third-order valence-electron chi connectivity index (χ3n) is 4.98. The van der Waals surface area contributed by atoms with Crippen LogP contribution in [0.3, 0.4) is 0 Å². The summed E-state index contributed by atoms with van der Waals surface area (Å²) >= 11 is 6.24. The summed E-state index contributed by atoms with van der Waals surface area (Å²) in [5, 5.41) is 4.17. The minimum Gasteiger partial charge on any atom is -0.466 e. The Morgan fingerprint density at radius 1 is 1.26 bits per heavy atom. The molecular weight excluding hydrogens is 366 g/mol. The quantitative estimate of drug-likeness (QED) is 0.692. The lowest BCUT2D eigenvalue weighted by Crippen LogP contribution is -2.41. The van der Waals surface area contributed by atoms with E-state index in [1.54, 1.807) is 44.3 Å². The fourth-order valence-electron chi connectivity index (χ4n) is 3.64. The Morgan fingerprint density at radius 2 is 2.04 bits per heavy atom. The van der Waals surface area contributed by atoms with Gasteiger partial charge in [0, 0.05) is 22.2 Å². The second kappa shape index (κ2) is 6.09. The molecule has 27 heavy (non-hydrogen) atoms. The molecule has 0 bridgehead atoms.